The van der Waals surface area contributed by atoms with Gasteiger partial charge in [-0.2, -0.15) is 0 Å². The minimum atomic E-state index is 0.619. The summed E-state index contributed by atoms with van der Waals surface area (Å²) in [6.45, 7) is 3.59. The minimum Gasteiger partial charge on any atom is -0.310 e. The van der Waals surface area contributed by atoms with Gasteiger partial charge < -0.3 is 5.32 Å². The first kappa shape index (κ1) is 12.1. The molecule has 1 fully saturated rings. The molecule has 0 radical (unpaired) electrons. The Bertz CT molecular complexity index is 368. The summed E-state index contributed by atoms with van der Waals surface area (Å²) in [5.41, 5.74) is 1.57. The van der Waals surface area contributed by atoms with E-state index in [2.05, 4.69) is 35.4 Å². The molecule has 1 aromatic rings. The van der Waals surface area contributed by atoms with Crippen LogP contribution in [0.25, 0.3) is 0 Å². The number of hydrogen-bond donors (Lipinski definition) is 1. The third-order valence-electron chi connectivity index (χ3n) is 4.04. The van der Waals surface area contributed by atoms with E-state index >= 15 is 0 Å². The van der Waals surface area contributed by atoms with Crippen LogP contribution in [0.1, 0.15) is 50.6 Å². The van der Waals surface area contributed by atoms with Crippen LogP contribution in [0.4, 0.5) is 0 Å². The molecule has 2 heterocycles. The second kappa shape index (κ2) is 5.33. The number of nitrogens with one attached hydrogen (secondary N) is 1. The average molecular weight is 267 g/mol. The quantitative estimate of drug-likeness (QED) is 0.868. The Morgan fingerprint density at radius 2 is 2.18 bits per heavy atom. The van der Waals surface area contributed by atoms with Crippen molar-refractivity contribution in [2.24, 2.45) is 5.92 Å². The predicted molar refractivity (Wildman–Crippen MR) is 77.0 cm³/mol. The van der Waals surface area contributed by atoms with Crippen molar-refractivity contribution in [2.75, 3.05) is 6.54 Å². The Balaban J connectivity index is 1.63. The summed E-state index contributed by atoms with van der Waals surface area (Å²) < 4.78 is 1.55. The largest absolute Gasteiger partial charge is 0.310 e. The zero-order valence-electron chi connectivity index (χ0n) is 10.4. The van der Waals surface area contributed by atoms with Crippen molar-refractivity contribution in [1.29, 1.82) is 0 Å². The van der Waals surface area contributed by atoms with Crippen LogP contribution in [0.3, 0.4) is 0 Å². The van der Waals surface area contributed by atoms with Gasteiger partial charge in [-0.15, -0.1) is 23.1 Å². The molecule has 2 atom stereocenters. The van der Waals surface area contributed by atoms with Crippen LogP contribution in [0.5, 0.6) is 0 Å². The molecule has 1 nitrogen and oxygen atoms in total. The summed E-state index contributed by atoms with van der Waals surface area (Å²) in [6.07, 6.45) is 7.09. The van der Waals surface area contributed by atoms with Gasteiger partial charge in [0.05, 0.1) is 4.21 Å². The van der Waals surface area contributed by atoms with Gasteiger partial charge in [0.15, 0.2) is 0 Å². The smallest absolute Gasteiger partial charge is 0.0649 e. The molecule has 17 heavy (non-hydrogen) atoms. The second-order valence-electron chi connectivity index (χ2n) is 5.44. The maximum Gasteiger partial charge on any atom is 0.0649 e. The lowest BCUT2D eigenvalue weighted by molar-refractivity contribution is 0.418. The van der Waals surface area contributed by atoms with Crippen LogP contribution in [-0.4, -0.2) is 11.8 Å². The molecular formula is C14H21NS2. The molecule has 3 rings (SSSR count). The monoisotopic (exact) mass is 267 g/mol. The molecule has 1 N–H and O–H groups in total. The molecule has 1 aliphatic carbocycles. The van der Waals surface area contributed by atoms with Crippen LogP contribution < -0.4 is 5.32 Å². The Morgan fingerprint density at radius 3 is 3.00 bits per heavy atom. The Morgan fingerprint density at radius 1 is 1.35 bits per heavy atom. The van der Waals surface area contributed by atoms with Gasteiger partial charge in [-0.25, -0.2) is 0 Å². The zero-order chi connectivity index (χ0) is 11.7. The van der Waals surface area contributed by atoms with Gasteiger partial charge in [-0.1, -0.05) is 19.8 Å². The molecule has 0 aromatic carbocycles. The summed E-state index contributed by atoms with van der Waals surface area (Å²) in [6, 6.07) is 2.94. The van der Waals surface area contributed by atoms with Crippen LogP contribution >= 0.6 is 23.1 Å². The number of hydrogen-bond acceptors (Lipinski definition) is 3. The van der Waals surface area contributed by atoms with E-state index in [0.717, 1.165) is 11.2 Å². The lowest BCUT2D eigenvalue weighted by Crippen LogP contribution is -2.30. The highest BCUT2D eigenvalue weighted by Gasteiger charge is 2.26. The van der Waals surface area contributed by atoms with E-state index in [1.807, 2.05) is 11.3 Å². The van der Waals surface area contributed by atoms with Crippen molar-refractivity contribution in [2.45, 2.75) is 54.5 Å². The minimum absolute atomic E-state index is 0.619. The van der Waals surface area contributed by atoms with Gasteiger partial charge in [0, 0.05) is 11.3 Å². The molecule has 0 spiro atoms. The molecule has 3 heteroatoms. The Hall–Kier alpha value is 0.01000. The molecule has 94 valence electrons. The number of thioether (sulfide) groups is 1. The van der Waals surface area contributed by atoms with Gasteiger partial charge >= 0.3 is 0 Å². The van der Waals surface area contributed by atoms with E-state index in [-0.39, 0.29) is 0 Å². The van der Waals surface area contributed by atoms with Crippen molar-refractivity contribution < 1.29 is 0 Å². The maximum atomic E-state index is 3.83. The van der Waals surface area contributed by atoms with Crippen molar-refractivity contribution in [3.05, 3.63) is 17.0 Å². The first-order chi connectivity index (χ1) is 8.33. The summed E-state index contributed by atoms with van der Waals surface area (Å²) in [5.74, 6) is 0.946. The lowest BCUT2D eigenvalue weighted by Gasteiger charge is -2.28. The molecule has 1 aromatic heterocycles. The van der Waals surface area contributed by atoms with Gasteiger partial charge in [0.25, 0.3) is 0 Å². The van der Waals surface area contributed by atoms with Gasteiger partial charge in [-0.3, -0.25) is 0 Å². The normalized spacial score (nSPS) is 29.5. The van der Waals surface area contributed by atoms with Gasteiger partial charge in [0.1, 0.15) is 0 Å². The predicted octanol–water partition coefficient (Wildman–Crippen LogP) is 4.45. The van der Waals surface area contributed by atoms with Crippen molar-refractivity contribution in [3.63, 3.8) is 0 Å². The Kier molecular flexibility index (Phi) is 3.78. The van der Waals surface area contributed by atoms with Crippen molar-refractivity contribution in [1.82, 2.24) is 5.32 Å². The van der Waals surface area contributed by atoms with Crippen LogP contribution in [0.15, 0.2) is 15.7 Å². The molecule has 2 aliphatic rings. The number of thiophene rings is 1. The molecule has 0 bridgehead atoms. The SMILES string of the molecule is C[C@H]1CC(NCC2CCCC2)c2ccsc2S1. The van der Waals surface area contributed by atoms with Crippen LogP contribution in [-0.2, 0) is 0 Å². The second-order valence-corrected chi connectivity index (χ2v) is 8.06. The number of rotatable bonds is 3. The lowest BCUT2D eigenvalue weighted by atomic mass is 10.0. The third kappa shape index (κ3) is 2.72. The fourth-order valence-corrected chi connectivity index (χ4v) is 5.63. The molecule has 1 saturated carbocycles. The maximum absolute atomic E-state index is 3.83. The van der Waals surface area contributed by atoms with E-state index in [1.165, 1.54) is 38.6 Å². The van der Waals surface area contributed by atoms with E-state index < -0.39 is 0 Å². The zero-order valence-corrected chi connectivity index (χ0v) is 12.1. The van der Waals surface area contributed by atoms with Crippen molar-refractivity contribution >= 4 is 23.1 Å². The summed E-state index contributed by atoms with van der Waals surface area (Å²) in [5, 5.41) is 6.85. The molecule has 0 saturated heterocycles. The van der Waals surface area contributed by atoms with E-state index in [4.69, 9.17) is 0 Å². The molecule has 0 amide bonds. The van der Waals surface area contributed by atoms with Gasteiger partial charge in [0.2, 0.25) is 0 Å². The van der Waals surface area contributed by atoms with E-state index in [1.54, 1.807) is 9.77 Å². The van der Waals surface area contributed by atoms with E-state index in [9.17, 15) is 0 Å². The number of fused-ring (bicyclic) bond motifs is 1. The molecule has 1 unspecified atom stereocenters. The topological polar surface area (TPSA) is 12.0 Å². The summed E-state index contributed by atoms with van der Waals surface area (Å²) >= 11 is 3.97. The van der Waals surface area contributed by atoms with Crippen LogP contribution in [0, 0.1) is 5.92 Å². The summed E-state index contributed by atoms with van der Waals surface area (Å²) in [4.78, 5) is 0. The van der Waals surface area contributed by atoms with Gasteiger partial charge in [-0.05, 0) is 48.7 Å². The highest BCUT2D eigenvalue weighted by atomic mass is 32.2. The average Bonchev–Trinajstić information content (AvgIpc) is 2.95. The van der Waals surface area contributed by atoms with Crippen molar-refractivity contribution in [3.8, 4) is 0 Å². The highest BCUT2D eigenvalue weighted by Crippen LogP contribution is 2.43. The fraction of sp³-hybridized carbons (Fsp3) is 0.714. The first-order valence-electron chi connectivity index (χ1n) is 6.80. The molecular weight excluding hydrogens is 246 g/mol. The summed E-state index contributed by atoms with van der Waals surface area (Å²) in [7, 11) is 0. The Labute approximate surface area is 112 Å². The standard InChI is InChI=1S/C14H21NS2/c1-10-8-13(12-6-7-16-14(12)17-10)15-9-11-4-2-3-5-11/h6-7,10-11,13,15H,2-5,8-9H2,1H3/t10-,13?/m0/s1. The fourth-order valence-electron chi connectivity index (χ4n) is 3.07. The van der Waals surface area contributed by atoms with E-state index in [0.29, 0.717) is 6.04 Å². The van der Waals surface area contributed by atoms with Crippen LogP contribution in [0.2, 0.25) is 0 Å². The molecule has 1 aliphatic heterocycles. The third-order valence-corrected chi connectivity index (χ3v) is 6.38. The first-order valence-corrected chi connectivity index (χ1v) is 8.56. The highest BCUT2D eigenvalue weighted by molar-refractivity contribution is 8.01.